The summed E-state index contributed by atoms with van der Waals surface area (Å²) < 4.78 is 5.02. The van der Waals surface area contributed by atoms with Crippen molar-refractivity contribution in [3.05, 3.63) is 18.2 Å². The normalized spacial score (nSPS) is 9.27. The number of methoxy groups -OCH3 is 1. The molecule has 0 amide bonds. The van der Waals surface area contributed by atoms with Crippen LogP contribution in [0.2, 0.25) is 0 Å². The molecule has 3 heteroatoms. The highest BCUT2D eigenvalue weighted by Gasteiger charge is 1.99. The highest BCUT2D eigenvalue weighted by atomic mass is 16.5. The molecule has 0 spiro atoms. The monoisotopic (exact) mass is 153 g/mol. The Labute approximate surface area is 65.6 Å². The lowest BCUT2D eigenvalue weighted by Gasteiger charge is -2.06. The maximum atomic E-state index is 9.07. The molecule has 3 nitrogen and oxygen atoms in total. The van der Waals surface area contributed by atoms with E-state index in [2.05, 4.69) is 5.32 Å². The van der Waals surface area contributed by atoms with E-state index in [4.69, 9.17) is 9.84 Å². The van der Waals surface area contributed by atoms with Gasteiger partial charge in [-0.1, -0.05) is 0 Å². The van der Waals surface area contributed by atoms with Gasteiger partial charge in [-0.3, -0.25) is 0 Å². The first-order valence-electron chi connectivity index (χ1n) is 3.32. The van der Waals surface area contributed by atoms with E-state index in [9.17, 15) is 0 Å². The van der Waals surface area contributed by atoms with Crippen LogP contribution in [0.25, 0.3) is 0 Å². The van der Waals surface area contributed by atoms with Gasteiger partial charge in [0.05, 0.1) is 12.8 Å². The molecule has 0 bridgehead atoms. The molecule has 60 valence electrons. The smallest absolute Gasteiger partial charge is 0.142 e. The number of hydrogen-bond acceptors (Lipinski definition) is 3. The number of phenols is 1. The summed E-state index contributed by atoms with van der Waals surface area (Å²) in [5.74, 6) is 0.959. The first kappa shape index (κ1) is 7.72. The summed E-state index contributed by atoms with van der Waals surface area (Å²) in [4.78, 5) is 0. The number of ether oxygens (including phenoxy) is 1. The maximum Gasteiger partial charge on any atom is 0.142 e. The fourth-order valence-electron chi connectivity index (χ4n) is 0.891. The van der Waals surface area contributed by atoms with Gasteiger partial charge >= 0.3 is 0 Å². The van der Waals surface area contributed by atoms with E-state index >= 15 is 0 Å². The Bertz CT molecular complexity index is 248. The molecular formula is C8H11NO2. The molecule has 0 saturated heterocycles. The first-order valence-corrected chi connectivity index (χ1v) is 3.32. The van der Waals surface area contributed by atoms with Crippen molar-refractivity contribution in [3.8, 4) is 11.5 Å². The molecule has 1 rings (SSSR count). The van der Waals surface area contributed by atoms with Crippen molar-refractivity contribution in [2.75, 3.05) is 19.5 Å². The van der Waals surface area contributed by atoms with E-state index < -0.39 is 0 Å². The van der Waals surface area contributed by atoms with E-state index in [0.29, 0.717) is 0 Å². The van der Waals surface area contributed by atoms with Crippen LogP contribution in [-0.2, 0) is 0 Å². The molecule has 0 atom stereocenters. The Hall–Kier alpha value is -1.38. The van der Waals surface area contributed by atoms with Gasteiger partial charge in [0.1, 0.15) is 11.5 Å². The zero-order chi connectivity index (χ0) is 8.27. The minimum absolute atomic E-state index is 0.232. The van der Waals surface area contributed by atoms with Gasteiger partial charge in [0.25, 0.3) is 0 Å². The second-order valence-electron chi connectivity index (χ2n) is 2.13. The van der Waals surface area contributed by atoms with Gasteiger partial charge in [0.2, 0.25) is 0 Å². The highest BCUT2D eigenvalue weighted by Crippen LogP contribution is 2.27. The average Bonchev–Trinajstić information content (AvgIpc) is 2.04. The van der Waals surface area contributed by atoms with Crippen LogP contribution in [-0.4, -0.2) is 19.3 Å². The predicted octanol–water partition coefficient (Wildman–Crippen LogP) is 1.44. The Balaban J connectivity index is 3.06. The number of phenolic OH excluding ortho intramolecular Hbond substituents is 1. The average molecular weight is 153 g/mol. The molecule has 2 N–H and O–H groups in total. The van der Waals surface area contributed by atoms with Crippen molar-refractivity contribution < 1.29 is 9.84 Å². The van der Waals surface area contributed by atoms with Gasteiger partial charge in [-0.2, -0.15) is 0 Å². The van der Waals surface area contributed by atoms with Gasteiger partial charge in [0.15, 0.2) is 0 Å². The van der Waals surface area contributed by atoms with Crippen molar-refractivity contribution in [3.63, 3.8) is 0 Å². The van der Waals surface area contributed by atoms with Gasteiger partial charge < -0.3 is 15.2 Å². The largest absolute Gasteiger partial charge is 0.508 e. The molecule has 0 aromatic heterocycles. The number of anilines is 1. The van der Waals surface area contributed by atoms with Crippen molar-refractivity contribution in [2.24, 2.45) is 0 Å². The summed E-state index contributed by atoms with van der Waals surface area (Å²) in [7, 11) is 3.37. The molecule has 0 unspecified atom stereocenters. The molecule has 0 fully saturated rings. The zero-order valence-electron chi connectivity index (χ0n) is 6.59. The van der Waals surface area contributed by atoms with E-state index in [1.807, 2.05) is 0 Å². The van der Waals surface area contributed by atoms with Gasteiger partial charge in [-0.25, -0.2) is 0 Å². The quantitative estimate of drug-likeness (QED) is 0.675. The van der Waals surface area contributed by atoms with E-state index in [-0.39, 0.29) is 5.75 Å². The van der Waals surface area contributed by atoms with Crippen molar-refractivity contribution in [2.45, 2.75) is 0 Å². The summed E-state index contributed by atoms with van der Waals surface area (Å²) in [6.45, 7) is 0. The van der Waals surface area contributed by atoms with Crippen LogP contribution < -0.4 is 10.1 Å². The second-order valence-corrected chi connectivity index (χ2v) is 2.13. The minimum atomic E-state index is 0.232. The molecule has 0 radical (unpaired) electrons. The highest BCUT2D eigenvalue weighted by molar-refractivity contribution is 5.58. The van der Waals surface area contributed by atoms with Crippen LogP contribution in [0.1, 0.15) is 0 Å². The third-order valence-electron chi connectivity index (χ3n) is 1.45. The predicted molar refractivity (Wildman–Crippen MR) is 44.2 cm³/mol. The van der Waals surface area contributed by atoms with Gasteiger partial charge in [0, 0.05) is 13.1 Å². The summed E-state index contributed by atoms with van der Waals surface area (Å²) in [6.07, 6.45) is 0. The van der Waals surface area contributed by atoms with Crippen LogP contribution in [0.4, 0.5) is 5.69 Å². The van der Waals surface area contributed by atoms with Crippen LogP contribution in [0.5, 0.6) is 11.5 Å². The Morgan fingerprint density at radius 2 is 2.18 bits per heavy atom. The van der Waals surface area contributed by atoms with E-state index in [1.165, 1.54) is 0 Å². The fraction of sp³-hybridized carbons (Fsp3) is 0.250. The van der Waals surface area contributed by atoms with Crippen LogP contribution in [0.15, 0.2) is 18.2 Å². The topological polar surface area (TPSA) is 41.5 Å². The first-order chi connectivity index (χ1) is 5.27. The number of aromatic hydroxyl groups is 1. The van der Waals surface area contributed by atoms with E-state index in [1.54, 1.807) is 32.4 Å². The van der Waals surface area contributed by atoms with Crippen molar-refractivity contribution >= 4 is 5.69 Å². The molecule has 0 saturated carbocycles. The minimum Gasteiger partial charge on any atom is -0.508 e. The molecule has 1 aromatic rings. The SMILES string of the molecule is CNc1cc(O)ccc1OC. The van der Waals surface area contributed by atoms with Gasteiger partial charge in [-0.15, -0.1) is 0 Å². The summed E-state index contributed by atoms with van der Waals surface area (Å²) in [5.41, 5.74) is 0.785. The maximum absolute atomic E-state index is 9.07. The lowest BCUT2D eigenvalue weighted by molar-refractivity contribution is 0.414. The summed E-state index contributed by atoms with van der Waals surface area (Å²) in [5, 5.41) is 12.0. The standard InChI is InChI=1S/C8H11NO2/c1-9-7-5-6(10)3-4-8(7)11-2/h3-5,9-10H,1-2H3. The number of nitrogens with one attached hydrogen (secondary N) is 1. The van der Waals surface area contributed by atoms with Crippen LogP contribution in [0.3, 0.4) is 0 Å². The lowest BCUT2D eigenvalue weighted by Crippen LogP contribution is -1.92. The van der Waals surface area contributed by atoms with Crippen molar-refractivity contribution in [1.82, 2.24) is 0 Å². The molecule has 0 aliphatic rings. The molecule has 0 aliphatic heterocycles. The fourth-order valence-corrected chi connectivity index (χ4v) is 0.891. The molecule has 0 heterocycles. The summed E-state index contributed by atoms with van der Waals surface area (Å²) in [6, 6.07) is 4.90. The zero-order valence-corrected chi connectivity index (χ0v) is 6.59. The van der Waals surface area contributed by atoms with Crippen LogP contribution >= 0.6 is 0 Å². The van der Waals surface area contributed by atoms with E-state index in [0.717, 1.165) is 11.4 Å². The number of hydrogen-bond donors (Lipinski definition) is 2. The van der Waals surface area contributed by atoms with Gasteiger partial charge in [-0.05, 0) is 12.1 Å². The summed E-state index contributed by atoms with van der Waals surface area (Å²) >= 11 is 0. The third kappa shape index (κ3) is 1.55. The molecule has 0 aliphatic carbocycles. The Kier molecular flexibility index (Phi) is 2.21. The van der Waals surface area contributed by atoms with Crippen LogP contribution in [0, 0.1) is 0 Å². The number of rotatable bonds is 2. The lowest BCUT2D eigenvalue weighted by atomic mass is 10.3. The van der Waals surface area contributed by atoms with Crippen molar-refractivity contribution in [1.29, 1.82) is 0 Å². The second kappa shape index (κ2) is 3.14. The molecule has 11 heavy (non-hydrogen) atoms. The molecular weight excluding hydrogens is 142 g/mol. The third-order valence-corrected chi connectivity index (χ3v) is 1.45. The Morgan fingerprint density at radius 3 is 2.73 bits per heavy atom. The number of benzene rings is 1. The Morgan fingerprint density at radius 1 is 1.45 bits per heavy atom. The molecule has 1 aromatic carbocycles.